The van der Waals surface area contributed by atoms with Crippen molar-refractivity contribution in [1.82, 2.24) is 14.7 Å². The minimum atomic E-state index is -1.22. The Morgan fingerprint density at radius 3 is 2.50 bits per heavy atom. The second-order valence-corrected chi connectivity index (χ2v) is 4.91. The Bertz CT molecular complexity index is 479. The summed E-state index contributed by atoms with van der Waals surface area (Å²) in [6.07, 6.45) is -0.962. The van der Waals surface area contributed by atoms with Crippen LogP contribution in [-0.2, 0) is 14.4 Å². The lowest BCUT2D eigenvalue weighted by Gasteiger charge is -2.23. The van der Waals surface area contributed by atoms with Gasteiger partial charge in [-0.3, -0.25) is 14.5 Å². The number of rotatable bonds is 3. The predicted molar refractivity (Wildman–Crippen MR) is 63.5 cm³/mol. The van der Waals surface area contributed by atoms with E-state index >= 15 is 0 Å². The SMILES string of the molecule is CN1CC(=O)N(CC(=O)N2CC(O)C[C@H]2C(=O)O)C1=O. The molecule has 2 fully saturated rings. The summed E-state index contributed by atoms with van der Waals surface area (Å²) in [7, 11) is 1.43. The van der Waals surface area contributed by atoms with Crippen LogP contribution in [0.25, 0.3) is 0 Å². The van der Waals surface area contributed by atoms with Crippen LogP contribution in [0.15, 0.2) is 0 Å². The minimum absolute atomic E-state index is 0.0527. The number of likely N-dealkylation sites (tertiary alicyclic amines) is 1. The number of amides is 4. The van der Waals surface area contributed by atoms with Gasteiger partial charge in [0, 0.05) is 20.0 Å². The first-order chi connectivity index (χ1) is 9.31. The molecule has 0 aromatic carbocycles. The van der Waals surface area contributed by atoms with Gasteiger partial charge in [0.25, 0.3) is 5.91 Å². The number of aliphatic hydroxyl groups is 1. The van der Waals surface area contributed by atoms with Crippen molar-refractivity contribution in [1.29, 1.82) is 0 Å². The molecule has 2 heterocycles. The fourth-order valence-electron chi connectivity index (χ4n) is 2.37. The number of carbonyl (C=O) groups excluding carboxylic acids is 3. The van der Waals surface area contributed by atoms with Gasteiger partial charge < -0.3 is 20.0 Å². The van der Waals surface area contributed by atoms with Gasteiger partial charge in [-0.1, -0.05) is 0 Å². The number of β-amino-alcohol motifs (C(OH)–C–C–N with tert-alkyl or cyclic N) is 1. The third-order valence-corrected chi connectivity index (χ3v) is 3.41. The normalized spacial score (nSPS) is 26.6. The smallest absolute Gasteiger partial charge is 0.327 e. The van der Waals surface area contributed by atoms with Crippen molar-refractivity contribution in [2.75, 3.05) is 26.7 Å². The van der Waals surface area contributed by atoms with E-state index in [1.54, 1.807) is 0 Å². The number of carboxylic acid groups (broad SMARTS) is 1. The molecule has 0 aromatic heterocycles. The standard InChI is InChI=1S/C11H15N3O6/c1-12-4-8(16)14(11(12)20)5-9(17)13-3-6(15)2-7(13)10(18)19/h6-7,15H,2-5H2,1H3,(H,18,19)/t6?,7-/m0/s1. The number of imide groups is 1. The maximum Gasteiger partial charge on any atom is 0.327 e. The van der Waals surface area contributed by atoms with Crippen LogP contribution in [0, 0.1) is 0 Å². The highest BCUT2D eigenvalue weighted by atomic mass is 16.4. The van der Waals surface area contributed by atoms with Crippen molar-refractivity contribution in [2.24, 2.45) is 0 Å². The van der Waals surface area contributed by atoms with Crippen LogP contribution in [0.1, 0.15) is 6.42 Å². The zero-order valence-electron chi connectivity index (χ0n) is 10.9. The Labute approximate surface area is 114 Å². The van der Waals surface area contributed by atoms with Gasteiger partial charge in [0.1, 0.15) is 19.1 Å². The third kappa shape index (κ3) is 2.44. The summed E-state index contributed by atoms with van der Waals surface area (Å²) in [5.41, 5.74) is 0. The minimum Gasteiger partial charge on any atom is -0.480 e. The summed E-state index contributed by atoms with van der Waals surface area (Å²) in [5.74, 6) is -2.38. The second kappa shape index (κ2) is 5.08. The maximum absolute atomic E-state index is 12.0. The van der Waals surface area contributed by atoms with Crippen LogP contribution in [0.3, 0.4) is 0 Å². The molecule has 0 saturated carbocycles. The summed E-state index contributed by atoms with van der Waals surface area (Å²) in [4.78, 5) is 49.2. The van der Waals surface area contributed by atoms with Crippen LogP contribution in [0.5, 0.6) is 0 Å². The summed E-state index contributed by atoms with van der Waals surface area (Å²) in [6.45, 7) is -0.711. The molecule has 2 aliphatic heterocycles. The summed E-state index contributed by atoms with van der Waals surface area (Å²) in [6, 6.07) is -1.71. The zero-order valence-corrected chi connectivity index (χ0v) is 10.9. The van der Waals surface area contributed by atoms with Gasteiger partial charge in [-0.2, -0.15) is 0 Å². The van der Waals surface area contributed by atoms with Gasteiger partial charge in [-0.15, -0.1) is 0 Å². The molecule has 0 radical (unpaired) electrons. The molecule has 0 spiro atoms. The van der Waals surface area contributed by atoms with Crippen LogP contribution < -0.4 is 0 Å². The first kappa shape index (κ1) is 14.3. The lowest BCUT2D eigenvalue weighted by atomic mass is 10.2. The van der Waals surface area contributed by atoms with Crippen LogP contribution in [-0.4, -0.2) is 87.6 Å². The fourth-order valence-corrected chi connectivity index (χ4v) is 2.37. The molecule has 9 heteroatoms. The fraction of sp³-hybridized carbons (Fsp3) is 0.636. The van der Waals surface area contributed by atoms with Gasteiger partial charge in [0.05, 0.1) is 6.10 Å². The molecule has 4 amide bonds. The Kier molecular flexibility index (Phi) is 3.62. The molecule has 0 bridgehead atoms. The molecule has 0 aliphatic carbocycles. The molecule has 0 aromatic rings. The zero-order chi connectivity index (χ0) is 15.0. The van der Waals surface area contributed by atoms with E-state index in [1.165, 1.54) is 11.9 Å². The molecule has 2 aliphatic rings. The number of aliphatic carboxylic acids is 1. The summed E-state index contributed by atoms with van der Waals surface area (Å²) >= 11 is 0. The van der Waals surface area contributed by atoms with Crippen LogP contribution >= 0.6 is 0 Å². The van der Waals surface area contributed by atoms with E-state index in [9.17, 15) is 24.3 Å². The average Bonchev–Trinajstić information content (AvgIpc) is 2.85. The van der Waals surface area contributed by atoms with E-state index in [-0.39, 0.29) is 19.5 Å². The number of urea groups is 1. The van der Waals surface area contributed by atoms with Crippen molar-refractivity contribution in [3.8, 4) is 0 Å². The van der Waals surface area contributed by atoms with E-state index in [0.717, 1.165) is 9.80 Å². The molecule has 2 N–H and O–H groups in total. The van der Waals surface area contributed by atoms with Crippen molar-refractivity contribution in [3.05, 3.63) is 0 Å². The van der Waals surface area contributed by atoms with Crippen molar-refractivity contribution in [2.45, 2.75) is 18.6 Å². The summed E-state index contributed by atoms with van der Waals surface area (Å²) < 4.78 is 0. The number of likely N-dealkylation sites (N-methyl/N-ethyl adjacent to an activating group) is 1. The van der Waals surface area contributed by atoms with E-state index in [0.29, 0.717) is 0 Å². The third-order valence-electron chi connectivity index (χ3n) is 3.41. The number of aliphatic hydroxyl groups excluding tert-OH is 1. The number of nitrogens with zero attached hydrogens (tertiary/aromatic N) is 3. The highest BCUT2D eigenvalue weighted by Crippen LogP contribution is 2.19. The molecule has 1 unspecified atom stereocenters. The molecule has 2 atom stereocenters. The lowest BCUT2D eigenvalue weighted by Crippen LogP contribution is -2.47. The molecular weight excluding hydrogens is 270 g/mol. The Hall–Kier alpha value is -2.16. The van der Waals surface area contributed by atoms with Gasteiger partial charge >= 0.3 is 12.0 Å². The highest BCUT2D eigenvalue weighted by Gasteiger charge is 2.42. The van der Waals surface area contributed by atoms with Crippen LogP contribution in [0.2, 0.25) is 0 Å². The largest absolute Gasteiger partial charge is 0.480 e. The van der Waals surface area contributed by atoms with E-state index in [4.69, 9.17) is 5.11 Å². The van der Waals surface area contributed by atoms with E-state index < -0.39 is 42.5 Å². The van der Waals surface area contributed by atoms with Crippen molar-refractivity contribution >= 4 is 23.8 Å². The predicted octanol–water partition coefficient (Wildman–Crippen LogP) is -2.07. The Morgan fingerprint density at radius 1 is 1.35 bits per heavy atom. The van der Waals surface area contributed by atoms with Crippen LogP contribution in [0.4, 0.5) is 4.79 Å². The quantitative estimate of drug-likeness (QED) is 0.575. The number of hydrogen-bond donors (Lipinski definition) is 2. The second-order valence-electron chi connectivity index (χ2n) is 4.91. The monoisotopic (exact) mass is 285 g/mol. The van der Waals surface area contributed by atoms with Gasteiger partial charge in [-0.25, -0.2) is 9.59 Å². The first-order valence-electron chi connectivity index (χ1n) is 6.07. The molecule has 2 rings (SSSR count). The van der Waals surface area contributed by atoms with Gasteiger partial charge in [-0.05, 0) is 0 Å². The lowest BCUT2D eigenvalue weighted by molar-refractivity contribution is -0.148. The molecule has 2 saturated heterocycles. The Morgan fingerprint density at radius 2 is 2.00 bits per heavy atom. The summed E-state index contributed by atoms with van der Waals surface area (Å²) in [5, 5.41) is 18.5. The topological polar surface area (TPSA) is 118 Å². The molecule has 110 valence electrons. The Balaban J connectivity index is 2.06. The molecule has 20 heavy (non-hydrogen) atoms. The number of carbonyl (C=O) groups is 4. The van der Waals surface area contributed by atoms with Gasteiger partial charge in [0.15, 0.2) is 0 Å². The van der Waals surface area contributed by atoms with Gasteiger partial charge in [0.2, 0.25) is 5.91 Å². The maximum atomic E-state index is 12.0. The molecular formula is C11H15N3O6. The highest BCUT2D eigenvalue weighted by molar-refractivity contribution is 6.04. The molecule has 9 nitrogen and oxygen atoms in total. The van der Waals surface area contributed by atoms with E-state index in [2.05, 4.69) is 0 Å². The van der Waals surface area contributed by atoms with Crippen molar-refractivity contribution in [3.63, 3.8) is 0 Å². The number of carboxylic acids is 1. The number of hydrogen-bond acceptors (Lipinski definition) is 5. The first-order valence-corrected chi connectivity index (χ1v) is 6.07. The average molecular weight is 285 g/mol. The van der Waals surface area contributed by atoms with E-state index in [1.807, 2.05) is 0 Å². The van der Waals surface area contributed by atoms with Crippen molar-refractivity contribution < 1.29 is 29.4 Å².